The molecule has 0 aliphatic heterocycles. The highest BCUT2D eigenvalue weighted by atomic mass is 19.4. The van der Waals surface area contributed by atoms with Crippen LogP contribution in [0.15, 0.2) is 0 Å². The minimum absolute atomic E-state index is 0.825. The molecule has 2 atom stereocenters. The molecule has 0 saturated carbocycles. The summed E-state index contributed by atoms with van der Waals surface area (Å²) < 4.78 is 50.6. The lowest BCUT2D eigenvalue weighted by Crippen LogP contribution is -2.47. The number of halogens is 4. The van der Waals surface area contributed by atoms with E-state index in [1.165, 1.54) is 0 Å². The van der Waals surface area contributed by atoms with Crippen LogP contribution in [0.2, 0.25) is 0 Å². The van der Waals surface area contributed by atoms with Gasteiger partial charge >= 0.3 is 12.1 Å². The Bertz CT molecular complexity index is 169. The number of rotatable bonds is 2. The second-order valence-corrected chi connectivity index (χ2v) is 1.99. The Morgan fingerprint density at radius 3 is 2.17 bits per heavy atom. The van der Waals surface area contributed by atoms with Gasteiger partial charge in [-0.3, -0.25) is 4.79 Å². The summed E-state index contributed by atoms with van der Waals surface area (Å²) in [6.45, 7) is 0. The zero-order valence-corrected chi connectivity index (χ0v) is 6.06. The molecule has 0 aliphatic rings. The van der Waals surface area contributed by atoms with Crippen molar-refractivity contribution in [3.8, 4) is 0 Å². The van der Waals surface area contributed by atoms with Gasteiger partial charge in [0.05, 0.1) is 7.11 Å². The Kier molecular flexibility index (Phi) is 3.44. The highest BCUT2D eigenvalue weighted by molar-refractivity contribution is 5.76. The molecule has 2 unspecified atom stereocenters. The van der Waals surface area contributed by atoms with E-state index >= 15 is 0 Å². The van der Waals surface area contributed by atoms with E-state index in [-0.39, 0.29) is 0 Å². The minimum atomic E-state index is -5.13. The maximum Gasteiger partial charge on any atom is 0.421 e. The second-order valence-electron chi connectivity index (χ2n) is 1.99. The van der Waals surface area contributed by atoms with E-state index in [2.05, 4.69) is 10.5 Å². The number of nitrogens with two attached hydrogens (primary N) is 1. The third-order valence-electron chi connectivity index (χ3n) is 1.10. The lowest BCUT2D eigenvalue weighted by Gasteiger charge is -2.16. The fourth-order valence-electron chi connectivity index (χ4n) is 0.459. The van der Waals surface area contributed by atoms with Gasteiger partial charge in [0.25, 0.3) is 0 Å². The van der Waals surface area contributed by atoms with Gasteiger partial charge in [-0.2, -0.15) is 13.2 Å². The molecule has 2 N–H and O–H groups in total. The molecule has 0 aliphatic carbocycles. The van der Waals surface area contributed by atoms with Crippen LogP contribution in [0.4, 0.5) is 17.6 Å². The van der Waals surface area contributed by atoms with Crippen LogP contribution >= 0.6 is 0 Å². The summed E-state index contributed by atoms with van der Waals surface area (Å²) in [6, 6.07) is -2.31. The predicted molar refractivity (Wildman–Crippen MR) is 30.9 cm³/mol. The number of alkyl halides is 4. The number of carbonyl (C=O) groups is 1. The van der Waals surface area contributed by atoms with E-state index in [0.29, 0.717) is 0 Å². The fourth-order valence-corrected chi connectivity index (χ4v) is 0.459. The van der Waals surface area contributed by atoms with E-state index in [9.17, 15) is 22.4 Å². The van der Waals surface area contributed by atoms with Crippen molar-refractivity contribution in [3.63, 3.8) is 0 Å². The van der Waals surface area contributed by atoms with Crippen molar-refractivity contribution in [2.45, 2.75) is 18.4 Å². The van der Waals surface area contributed by atoms with Crippen molar-refractivity contribution in [1.82, 2.24) is 0 Å². The van der Waals surface area contributed by atoms with Gasteiger partial charge in [0.1, 0.15) is 6.04 Å². The first-order chi connectivity index (χ1) is 5.30. The summed E-state index contributed by atoms with van der Waals surface area (Å²) in [7, 11) is 0.825. The molecule has 72 valence electrons. The van der Waals surface area contributed by atoms with Crippen LogP contribution in [-0.2, 0) is 9.53 Å². The molecular weight excluding hydrogens is 182 g/mol. The van der Waals surface area contributed by atoms with Crippen LogP contribution in [0.25, 0.3) is 0 Å². The van der Waals surface area contributed by atoms with Gasteiger partial charge in [-0.05, 0) is 0 Å². The highest BCUT2D eigenvalue weighted by Gasteiger charge is 2.47. The quantitative estimate of drug-likeness (QED) is 0.505. The van der Waals surface area contributed by atoms with E-state index in [1.807, 2.05) is 0 Å². The first-order valence-electron chi connectivity index (χ1n) is 2.85. The van der Waals surface area contributed by atoms with Crippen LogP contribution < -0.4 is 5.73 Å². The van der Waals surface area contributed by atoms with Crippen LogP contribution in [0.3, 0.4) is 0 Å². The van der Waals surface area contributed by atoms with E-state index in [0.717, 1.165) is 7.11 Å². The Hall–Kier alpha value is -0.850. The monoisotopic (exact) mass is 189 g/mol. The van der Waals surface area contributed by atoms with Crippen LogP contribution in [0.5, 0.6) is 0 Å². The highest BCUT2D eigenvalue weighted by Crippen LogP contribution is 2.24. The van der Waals surface area contributed by atoms with Crippen molar-refractivity contribution in [1.29, 1.82) is 0 Å². The molecular formula is C5H7F4NO2. The zero-order valence-electron chi connectivity index (χ0n) is 6.06. The molecule has 7 heteroatoms. The Balaban J connectivity index is 4.29. The lowest BCUT2D eigenvalue weighted by molar-refractivity contribution is -0.192. The number of carbonyl (C=O) groups excluding carboxylic acids is 1. The van der Waals surface area contributed by atoms with Crippen molar-refractivity contribution in [3.05, 3.63) is 0 Å². The molecule has 0 aromatic carbocycles. The van der Waals surface area contributed by atoms with Crippen LogP contribution in [0.1, 0.15) is 0 Å². The lowest BCUT2D eigenvalue weighted by atomic mass is 10.2. The molecule has 0 rings (SSSR count). The predicted octanol–water partition coefficient (Wildman–Crippen LogP) is 0.387. The average Bonchev–Trinajstić information content (AvgIpc) is 1.98. The standard InChI is InChI=1S/C5H7F4NO2/c1-12-4(11)2(10)3(6)5(7,8)9/h2-3H,10H2,1H3. The molecule has 0 bridgehead atoms. The summed E-state index contributed by atoms with van der Waals surface area (Å²) in [6.07, 6.45) is -8.52. The van der Waals surface area contributed by atoms with E-state index < -0.39 is 24.4 Å². The Morgan fingerprint density at radius 1 is 1.50 bits per heavy atom. The number of esters is 1. The van der Waals surface area contributed by atoms with Gasteiger partial charge in [0, 0.05) is 0 Å². The van der Waals surface area contributed by atoms with Gasteiger partial charge in [-0.25, -0.2) is 4.39 Å². The fraction of sp³-hybridized carbons (Fsp3) is 0.800. The average molecular weight is 189 g/mol. The molecule has 3 nitrogen and oxygen atoms in total. The minimum Gasteiger partial charge on any atom is -0.468 e. The SMILES string of the molecule is COC(=O)C(N)C(F)C(F)(F)F. The van der Waals surface area contributed by atoms with Crippen molar-refractivity contribution < 1.29 is 27.1 Å². The number of hydrogen-bond donors (Lipinski definition) is 1. The number of methoxy groups -OCH3 is 1. The van der Waals surface area contributed by atoms with Gasteiger partial charge in [0.15, 0.2) is 0 Å². The number of hydrogen-bond acceptors (Lipinski definition) is 3. The zero-order chi connectivity index (χ0) is 9.94. The molecule has 12 heavy (non-hydrogen) atoms. The summed E-state index contributed by atoms with van der Waals surface area (Å²) in [5.74, 6) is -1.43. The van der Waals surface area contributed by atoms with E-state index in [1.54, 1.807) is 0 Å². The summed E-state index contributed by atoms with van der Waals surface area (Å²) in [4.78, 5) is 10.3. The summed E-state index contributed by atoms with van der Waals surface area (Å²) in [5.41, 5.74) is 4.59. The van der Waals surface area contributed by atoms with Crippen molar-refractivity contribution in [2.24, 2.45) is 5.73 Å². The molecule has 0 aromatic heterocycles. The van der Waals surface area contributed by atoms with Gasteiger partial charge in [0.2, 0.25) is 6.17 Å². The Morgan fingerprint density at radius 2 is 1.92 bits per heavy atom. The molecule has 0 fully saturated rings. The first kappa shape index (κ1) is 11.2. The molecule has 0 aromatic rings. The largest absolute Gasteiger partial charge is 0.468 e. The smallest absolute Gasteiger partial charge is 0.421 e. The number of ether oxygens (including phenoxy) is 1. The van der Waals surface area contributed by atoms with E-state index in [4.69, 9.17) is 0 Å². The normalized spacial score (nSPS) is 16.8. The van der Waals surface area contributed by atoms with Crippen molar-refractivity contribution >= 4 is 5.97 Å². The maximum atomic E-state index is 12.2. The molecule has 0 amide bonds. The third kappa shape index (κ3) is 2.65. The molecule has 0 spiro atoms. The van der Waals surface area contributed by atoms with Gasteiger partial charge < -0.3 is 10.5 Å². The van der Waals surface area contributed by atoms with Crippen molar-refractivity contribution in [2.75, 3.05) is 7.11 Å². The third-order valence-corrected chi connectivity index (χ3v) is 1.10. The Labute approximate surface area is 65.5 Å². The first-order valence-corrected chi connectivity index (χ1v) is 2.85. The van der Waals surface area contributed by atoms with Gasteiger partial charge in [-0.1, -0.05) is 0 Å². The summed E-state index contributed by atoms with van der Waals surface area (Å²) in [5, 5.41) is 0. The van der Waals surface area contributed by atoms with Crippen LogP contribution in [0, 0.1) is 0 Å². The maximum absolute atomic E-state index is 12.2. The van der Waals surface area contributed by atoms with Crippen LogP contribution in [-0.4, -0.2) is 31.5 Å². The molecule has 0 heterocycles. The molecule has 0 radical (unpaired) electrons. The second kappa shape index (κ2) is 3.70. The van der Waals surface area contributed by atoms with Gasteiger partial charge in [-0.15, -0.1) is 0 Å². The molecule has 0 saturated heterocycles. The summed E-state index contributed by atoms with van der Waals surface area (Å²) >= 11 is 0. The topological polar surface area (TPSA) is 52.3 Å².